The minimum atomic E-state index is -1.73. The van der Waals surface area contributed by atoms with Gasteiger partial charge in [-0.25, -0.2) is 0 Å². The van der Waals surface area contributed by atoms with Gasteiger partial charge >= 0.3 is 0 Å². The third-order valence-electron chi connectivity index (χ3n) is 5.01. The van der Waals surface area contributed by atoms with E-state index >= 15 is 0 Å². The van der Waals surface area contributed by atoms with E-state index in [4.69, 9.17) is 9.47 Å². The number of hydrogen-bond donors (Lipinski definition) is 7. The van der Waals surface area contributed by atoms with Crippen LogP contribution in [-0.2, 0) is 11.2 Å². The molecule has 0 bridgehead atoms. The summed E-state index contributed by atoms with van der Waals surface area (Å²) in [6.45, 7) is -0.672. The summed E-state index contributed by atoms with van der Waals surface area (Å²) in [5, 5.41) is 68.6. The van der Waals surface area contributed by atoms with Crippen molar-refractivity contribution in [2.75, 3.05) is 6.61 Å². The first-order valence-corrected chi connectivity index (χ1v) is 9.55. The van der Waals surface area contributed by atoms with Gasteiger partial charge in [-0.15, -0.1) is 0 Å². The quantitative estimate of drug-likeness (QED) is 0.288. The Hall–Kier alpha value is -2.89. The van der Waals surface area contributed by atoms with Gasteiger partial charge in [0.25, 0.3) is 0 Å². The van der Waals surface area contributed by atoms with Gasteiger partial charge in [-0.2, -0.15) is 0 Å². The SMILES string of the molecule is O=C(CCc1ccc(O)cc1)c1c(O)cc(O)cc1O[C@@H]1O[C@@H](CO)[C@@H](O)[C@@H](O)[C@@H]1O. The predicted molar refractivity (Wildman–Crippen MR) is 105 cm³/mol. The van der Waals surface area contributed by atoms with Crippen LogP contribution in [0.15, 0.2) is 36.4 Å². The summed E-state index contributed by atoms with van der Waals surface area (Å²) >= 11 is 0. The topological polar surface area (TPSA) is 177 Å². The summed E-state index contributed by atoms with van der Waals surface area (Å²) < 4.78 is 10.7. The van der Waals surface area contributed by atoms with Gasteiger partial charge in [0, 0.05) is 18.6 Å². The van der Waals surface area contributed by atoms with Gasteiger partial charge in [-0.1, -0.05) is 12.1 Å². The maximum absolute atomic E-state index is 12.8. The number of hydrogen-bond acceptors (Lipinski definition) is 10. The zero-order valence-corrected chi connectivity index (χ0v) is 16.3. The van der Waals surface area contributed by atoms with Crippen LogP contribution in [0.1, 0.15) is 22.3 Å². The molecule has 31 heavy (non-hydrogen) atoms. The normalized spacial score (nSPS) is 25.9. The first-order chi connectivity index (χ1) is 14.7. The molecule has 7 N–H and O–H groups in total. The summed E-state index contributed by atoms with van der Waals surface area (Å²) in [5.74, 6) is -1.74. The first kappa shape index (κ1) is 22.8. The molecule has 0 amide bonds. The molecule has 1 aliphatic heterocycles. The van der Waals surface area contributed by atoms with Crippen LogP contribution >= 0.6 is 0 Å². The predicted octanol–water partition coefficient (Wildman–Crippen LogP) is -0.202. The summed E-state index contributed by atoms with van der Waals surface area (Å²) in [6.07, 6.45) is -7.61. The van der Waals surface area contributed by atoms with E-state index in [9.17, 15) is 40.5 Å². The number of aliphatic hydroxyl groups excluding tert-OH is 4. The number of carbonyl (C=O) groups excluding carboxylic acids is 1. The lowest BCUT2D eigenvalue weighted by Gasteiger charge is -2.39. The summed E-state index contributed by atoms with van der Waals surface area (Å²) in [7, 11) is 0. The number of Topliss-reactive ketones (excluding diaryl/α,β-unsaturated/α-hetero) is 1. The van der Waals surface area contributed by atoms with Gasteiger partial charge in [0.2, 0.25) is 6.29 Å². The maximum atomic E-state index is 12.8. The lowest BCUT2D eigenvalue weighted by Crippen LogP contribution is -2.60. The highest BCUT2D eigenvalue weighted by atomic mass is 16.7. The molecular weight excluding hydrogens is 412 g/mol. The van der Waals surface area contributed by atoms with E-state index in [0.29, 0.717) is 6.42 Å². The van der Waals surface area contributed by atoms with E-state index in [1.54, 1.807) is 12.1 Å². The fourth-order valence-corrected chi connectivity index (χ4v) is 3.30. The standard InChI is InChI=1S/C21H24O10/c22-9-16-18(27)19(28)20(29)21(31-16)30-15-8-12(24)7-14(26)17(15)13(25)6-3-10-1-4-11(23)5-2-10/h1-2,4-5,7-8,16,18-24,26-29H,3,6,9H2/t16-,18+,19+,20-,21+/m0/s1. The zero-order valence-electron chi connectivity index (χ0n) is 16.3. The third-order valence-corrected chi connectivity index (χ3v) is 5.01. The Labute approximate surface area is 177 Å². The lowest BCUT2D eigenvalue weighted by atomic mass is 9.99. The number of aryl methyl sites for hydroxylation is 1. The minimum Gasteiger partial charge on any atom is -0.508 e. The van der Waals surface area contributed by atoms with Crippen LogP contribution in [0, 0.1) is 0 Å². The molecule has 1 saturated heterocycles. The number of ether oxygens (including phenoxy) is 2. The number of ketones is 1. The Morgan fingerprint density at radius 3 is 2.26 bits per heavy atom. The Balaban J connectivity index is 1.82. The molecule has 0 aromatic heterocycles. The van der Waals surface area contributed by atoms with Crippen molar-refractivity contribution in [3.63, 3.8) is 0 Å². The Morgan fingerprint density at radius 2 is 1.61 bits per heavy atom. The van der Waals surface area contributed by atoms with Crippen molar-refractivity contribution in [1.29, 1.82) is 0 Å². The van der Waals surface area contributed by atoms with Crippen molar-refractivity contribution < 1.29 is 50.0 Å². The van der Waals surface area contributed by atoms with Crippen LogP contribution in [0.5, 0.6) is 23.0 Å². The van der Waals surface area contributed by atoms with Crippen molar-refractivity contribution in [3.05, 3.63) is 47.5 Å². The summed E-state index contributed by atoms with van der Waals surface area (Å²) in [4.78, 5) is 12.8. The number of benzene rings is 2. The number of rotatable bonds is 7. The smallest absolute Gasteiger partial charge is 0.229 e. The molecule has 1 heterocycles. The van der Waals surface area contributed by atoms with Crippen LogP contribution in [0.3, 0.4) is 0 Å². The molecule has 0 radical (unpaired) electrons. The molecular formula is C21H24O10. The van der Waals surface area contributed by atoms with Gasteiger partial charge in [-0.3, -0.25) is 4.79 Å². The van der Waals surface area contributed by atoms with Gasteiger partial charge in [0.15, 0.2) is 5.78 Å². The highest BCUT2D eigenvalue weighted by Crippen LogP contribution is 2.36. The Bertz CT molecular complexity index is 911. The maximum Gasteiger partial charge on any atom is 0.229 e. The second-order valence-corrected chi connectivity index (χ2v) is 7.24. The third kappa shape index (κ3) is 5.06. The van der Waals surface area contributed by atoms with Crippen molar-refractivity contribution in [2.24, 2.45) is 0 Å². The largest absolute Gasteiger partial charge is 0.508 e. The van der Waals surface area contributed by atoms with E-state index in [1.165, 1.54) is 12.1 Å². The fourth-order valence-electron chi connectivity index (χ4n) is 3.30. The molecule has 2 aromatic carbocycles. The molecule has 1 fully saturated rings. The molecule has 5 atom stereocenters. The van der Waals surface area contributed by atoms with Crippen LogP contribution in [0.4, 0.5) is 0 Å². The van der Waals surface area contributed by atoms with Crippen LogP contribution < -0.4 is 4.74 Å². The molecule has 10 nitrogen and oxygen atoms in total. The number of aromatic hydroxyl groups is 3. The van der Waals surface area contributed by atoms with Crippen molar-refractivity contribution in [2.45, 2.75) is 43.5 Å². The number of phenols is 3. The van der Waals surface area contributed by atoms with Gasteiger partial charge in [0.1, 0.15) is 53.0 Å². The second kappa shape index (κ2) is 9.50. The molecule has 1 aliphatic rings. The monoisotopic (exact) mass is 436 g/mol. The highest BCUT2D eigenvalue weighted by molar-refractivity contribution is 6.01. The Morgan fingerprint density at radius 1 is 0.935 bits per heavy atom. The van der Waals surface area contributed by atoms with E-state index in [2.05, 4.69) is 0 Å². The number of aliphatic hydroxyl groups is 4. The molecule has 0 aliphatic carbocycles. The Kier molecular flexibility index (Phi) is 6.98. The fraction of sp³-hybridized carbons (Fsp3) is 0.381. The first-order valence-electron chi connectivity index (χ1n) is 9.55. The molecule has 0 spiro atoms. The van der Waals surface area contributed by atoms with Gasteiger partial charge < -0.3 is 45.2 Å². The average Bonchev–Trinajstić information content (AvgIpc) is 2.73. The molecule has 2 aromatic rings. The summed E-state index contributed by atoms with van der Waals surface area (Å²) in [5.41, 5.74) is 0.495. The van der Waals surface area contributed by atoms with Crippen LogP contribution in [0.25, 0.3) is 0 Å². The molecule has 10 heteroatoms. The average molecular weight is 436 g/mol. The molecule has 168 valence electrons. The van der Waals surface area contributed by atoms with E-state index in [0.717, 1.165) is 17.7 Å². The van der Waals surface area contributed by atoms with Crippen LogP contribution in [0.2, 0.25) is 0 Å². The number of phenolic OH excluding ortho intramolecular Hbond substituents is 3. The van der Waals surface area contributed by atoms with E-state index in [-0.39, 0.29) is 23.5 Å². The summed E-state index contributed by atoms with van der Waals surface area (Å²) in [6, 6.07) is 8.23. The molecule has 3 rings (SSSR count). The second-order valence-electron chi connectivity index (χ2n) is 7.24. The van der Waals surface area contributed by atoms with Crippen molar-refractivity contribution in [1.82, 2.24) is 0 Å². The number of carbonyl (C=O) groups is 1. The minimum absolute atomic E-state index is 0.0475. The van der Waals surface area contributed by atoms with Crippen molar-refractivity contribution in [3.8, 4) is 23.0 Å². The van der Waals surface area contributed by atoms with Crippen molar-refractivity contribution >= 4 is 5.78 Å². The highest BCUT2D eigenvalue weighted by Gasteiger charge is 2.45. The molecule has 0 unspecified atom stereocenters. The van der Waals surface area contributed by atoms with Crippen LogP contribution in [-0.4, -0.2) is 78.8 Å². The van der Waals surface area contributed by atoms with Gasteiger partial charge in [0.05, 0.1) is 6.61 Å². The lowest BCUT2D eigenvalue weighted by molar-refractivity contribution is -0.277. The zero-order chi connectivity index (χ0) is 22.7. The van der Waals surface area contributed by atoms with E-state index < -0.39 is 54.6 Å². The molecule has 0 saturated carbocycles. The van der Waals surface area contributed by atoms with E-state index in [1.807, 2.05) is 0 Å². The van der Waals surface area contributed by atoms with Gasteiger partial charge in [-0.05, 0) is 24.1 Å².